The van der Waals surface area contributed by atoms with Gasteiger partial charge in [0.1, 0.15) is 5.82 Å². The molecule has 0 spiro atoms. The highest BCUT2D eigenvalue weighted by Gasteiger charge is 2.15. The normalized spacial score (nSPS) is 10.9. The molecule has 0 atom stereocenters. The third-order valence-corrected chi connectivity index (χ3v) is 4.46. The number of anilines is 1. The summed E-state index contributed by atoms with van der Waals surface area (Å²) < 4.78 is 1.96. The molecule has 0 aliphatic heterocycles. The Kier molecular flexibility index (Phi) is 6.71. The van der Waals surface area contributed by atoms with E-state index in [1.54, 1.807) is 24.3 Å². The lowest BCUT2D eigenvalue weighted by atomic mass is 10.2. The number of amides is 1. The van der Waals surface area contributed by atoms with Crippen molar-refractivity contribution in [3.05, 3.63) is 46.7 Å². The Hall–Kier alpha value is -1.50. The minimum Gasteiger partial charge on any atom is -0.325 e. The van der Waals surface area contributed by atoms with E-state index >= 15 is 0 Å². The van der Waals surface area contributed by atoms with Gasteiger partial charge >= 0.3 is 0 Å². The van der Waals surface area contributed by atoms with Gasteiger partial charge in [-0.1, -0.05) is 54.9 Å². The van der Waals surface area contributed by atoms with Crippen LogP contribution in [-0.4, -0.2) is 26.4 Å². The smallest absolute Gasteiger partial charge is 0.234 e. The Morgan fingerprint density at radius 3 is 2.58 bits per heavy atom. The highest BCUT2D eigenvalue weighted by molar-refractivity contribution is 7.99. The fourth-order valence-electron chi connectivity index (χ4n) is 2.09. The van der Waals surface area contributed by atoms with Gasteiger partial charge in [-0.15, -0.1) is 16.8 Å². The zero-order valence-corrected chi connectivity index (χ0v) is 15.8. The summed E-state index contributed by atoms with van der Waals surface area (Å²) in [4.78, 5) is 12.1. The fraction of sp³-hybridized carbons (Fsp3) is 0.312. The Bertz CT molecular complexity index is 725. The molecule has 1 heterocycles. The van der Waals surface area contributed by atoms with Crippen molar-refractivity contribution in [1.82, 2.24) is 14.8 Å². The molecule has 24 heavy (non-hydrogen) atoms. The number of aromatic nitrogens is 3. The Morgan fingerprint density at radius 1 is 1.33 bits per heavy atom. The van der Waals surface area contributed by atoms with Crippen molar-refractivity contribution in [3.63, 3.8) is 0 Å². The number of nitrogens with zero attached hydrogens (tertiary/aromatic N) is 3. The van der Waals surface area contributed by atoms with Crippen LogP contribution in [0.25, 0.3) is 0 Å². The molecule has 1 aromatic heterocycles. The molecule has 2 aromatic rings. The zero-order chi connectivity index (χ0) is 17.7. The maximum absolute atomic E-state index is 12.1. The molecule has 0 aliphatic rings. The van der Waals surface area contributed by atoms with Crippen LogP contribution in [0.2, 0.25) is 10.0 Å². The van der Waals surface area contributed by atoms with Crippen LogP contribution < -0.4 is 5.32 Å². The number of benzene rings is 1. The monoisotopic (exact) mass is 384 g/mol. The van der Waals surface area contributed by atoms with Crippen LogP contribution in [0.4, 0.5) is 5.69 Å². The molecule has 0 saturated heterocycles. The summed E-state index contributed by atoms with van der Waals surface area (Å²) in [6.45, 7) is 8.46. The molecule has 2 rings (SSSR count). The fourth-order valence-corrected chi connectivity index (χ4v) is 3.37. The van der Waals surface area contributed by atoms with Crippen molar-refractivity contribution < 1.29 is 4.79 Å². The summed E-state index contributed by atoms with van der Waals surface area (Å²) in [5.41, 5.74) is 0.563. The molecule has 1 amide bonds. The number of halogens is 2. The van der Waals surface area contributed by atoms with Crippen molar-refractivity contribution in [2.75, 3.05) is 11.1 Å². The summed E-state index contributed by atoms with van der Waals surface area (Å²) in [7, 11) is 0. The maximum atomic E-state index is 12.1. The summed E-state index contributed by atoms with van der Waals surface area (Å²) in [6.07, 6.45) is 1.79. The van der Waals surface area contributed by atoms with Gasteiger partial charge in [0.05, 0.1) is 5.75 Å². The Labute approximate surface area is 155 Å². The second-order valence-corrected chi connectivity index (χ2v) is 7.21. The van der Waals surface area contributed by atoms with Crippen LogP contribution in [0.15, 0.2) is 36.0 Å². The molecular formula is C16H18Cl2N4OS. The first kappa shape index (κ1) is 18.8. The molecule has 8 heteroatoms. The first-order valence-electron chi connectivity index (χ1n) is 7.33. The van der Waals surface area contributed by atoms with Gasteiger partial charge in [-0.25, -0.2) is 0 Å². The number of allylic oxidation sites excluding steroid dienone is 1. The van der Waals surface area contributed by atoms with E-state index in [0.29, 0.717) is 27.4 Å². The van der Waals surface area contributed by atoms with Gasteiger partial charge in [-0.2, -0.15) is 0 Å². The standard InChI is InChI=1S/C16H18Cl2N4OS/c1-4-5-22-15(10(2)3)20-21-16(22)24-9-14(23)19-13-7-11(17)6-12(18)8-13/h4,6-8,10H,1,5,9H2,2-3H3,(H,19,23). The lowest BCUT2D eigenvalue weighted by Crippen LogP contribution is -2.15. The number of hydrogen-bond donors (Lipinski definition) is 1. The maximum Gasteiger partial charge on any atom is 0.234 e. The quantitative estimate of drug-likeness (QED) is 0.558. The number of thioether (sulfide) groups is 1. The number of nitrogens with one attached hydrogen (secondary N) is 1. The van der Waals surface area contributed by atoms with Gasteiger partial charge in [-0.3, -0.25) is 4.79 Å². The molecule has 0 bridgehead atoms. The number of carbonyl (C=O) groups excluding carboxylic acids is 1. The van der Waals surface area contributed by atoms with Crippen LogP contribution in [0.5, 0.6) is 0 Å². The molecule has 5 nitrogen and oxygen atoms in total. The largest absolute Gasteiger partial charge is 0.325 e. The van der Waals surface area contributed by atoms with E-state index in [0.717, 1.165) is 5.82 Å². The minimum atomic E-state index is -0.169. The first-order valence-corrected chi connectivity index (χ1v) is 9.07. The predicted molar refractivity (Wildman–Crippen MR) is 100 cm³/mol. The lowest BCUT2D eigenvalue weighted by Gasteiger charge is -2.10. The topological polar surface area (TPSA) is 59.8 Å². The molecule has 0 radical (unpaired) electrons. The SMILES string of the molecule is C=CCn1c(SCC(=O)Nc2cc(Cl)cc(Cl)c2)nnc1C(C)C. The number of hydrogen-bond acceptors (Lipinski definition) is 4. The van der Waals surface area contributed by atoms with Crippen molar-refractivity contribution in [2.24, 2.45) is 0 Å². The van der Waals surface area contributed by atoms with Gasteiger partial charge in [-0.05, 0) is 18.2 Å². The van der Waals surface area contributed by atoms with Gasteiger partial charge in [0.25, 0.3) is 0 Å². The van der Waals surface area contributed by atoms with Crippen LogP contribution in [0.3, 0.4) is 0 Å². The van der Waals surface area contributed by atoms with Crippen LogP contribution in [0.1, 0.15) is 25.6 Å². The third kappa shape index (κ3) is 5.00. The van der Waals surface area contributed by atoms with Crippen molar-refractivity contribution in [3.8, 4) is 0 Å². The molecule has 0 unspecified atom stereocenters. The van der Waals surface area contributed by atoms with E-state index < -0.39 is 0 Å². The van der Waals surface area contributed by atoms with Crippen molar-refractivity contribution in [2.45, 2.75) is 31.5 Å². The van der Waals surface area contributed by atoms with E-state index in [2.05, 4.69) is 22.1 Å². The minimum absolute atomic E-state index is 0.169. The summed E-state index contributed by atoms with van der Waals surface area (Å²) in [6, 6.07) is 4.90. The summed E-state index contributed by atoms with van der Waals surface area (Å²) in [5, 5.41) is 12.8. The molecular weight excluding hydrogens is 367 g/mol. The highest BCUT2D eigenvalue weighted by atomic mass is 35.5. The zero-order valence-electron chi connectivity index (χ0n) is 13.4. The molecule has 0 aliphatic carbocycles. The van der Waals surface area contributed by atoms with E-state index in [1.807, 2.05) is 18.4 Å². The molecule has 1 aromatic carbocycles. The lowest BCUT2D eigenvalue weighted by molar-refractivity contribution is -0.113. The van der Waals surface area contributed by atoms with Crippen LogP contribution in [-0.2, 0) is 11.3 Å². The predicted octanol–water partition coefficient (Wildman–Crippen LogP) is 4.63. The van der Waals surface area contributed by atoms with Gasteiger partial charge in [0.15, 0.2) is 5.16 Å². The number of carbonyl (C=O) groups is 1. The van der Waals surface area contributed by atoms with Crippen LogP contribution in [0, 0.1) is 0 Å². The van der Waals surface area contributed by atoms with Crippen molar-refractivity contribution >= 4 is 46.6 Å². The van der Waals surface area contributed by atoms with E-state index in [1.165, 1.54) is 11.8 Å². The second kappa shape index (κ2) is 8.55. The molecule has 1 N–H and O–H groups in total. The van der Waals surface area contributed by atoms with Gasteiger partial charge < -0.3 is 9.88 Å². The van der Waals surface area contributed by atoms with Crippen molar-refractivity contribution in [1.29, 1.82) is 0 Å². The highest BCUT2D eigenvalue weighted by Crippen LogP contribution is 2.24. The van der Waals surface area contributed by atoms with E-state index in [4.69, 9.17) is 23.2 Å². The summed E-state index contributed by atoms with van der Waals surface area (Å²) in [5.74, 6) is 1.16. The number of rotatable bonds is 7. The average molecular weight is 385 g/mol. The Balaban J connectivity index is 2.02. The van der Waals surface area contributed by atoms with E-state index in [9.17, 15) is 4.79 Å². The van der Waals surface area contributed by atoms with E-state index in [-0.39, 0.29) is 17.6 Å². The van der Waals surface area contributed by atoms with Gasteiger partial charge in [0.2, 0.25) is 5.91 Å². The van der Waals surface area contributed by atoms with Gasteiger partial charge in [0, 0.05) is 28.2 Å². The average Bonchev–Trinajstić information content (AvgIpc) is 2.87. The summed E-state index contributed by atoms with van der Waals surface area (Å²) >= 11 is 13.2. The Morgan fingerprint density at radius 2 is 2.00 bits per heavy atom. The molecule has 0 fully saturated rings. The first-order chi connectivity index (χ1) is 11.4. The third-order valence-electron chi connectivity index (χ3n) is 3.05. The molecule has 128 valence electrons. The second-order valence-electron chi connectivity index (χ2n) is 5.39. The van der Waals surface area contributed by atoms with Crippen LogP contribution >= 0.6 is 35.0 Å². The molecule has 0 saturated carbocycles.